The van der Waals surface area contributed by atoms with Gasteiger partial charge >= 0.3 is 5.97 Å². The van der Waals surface area contributed by atoms with Crippen molar-refractivity contribution in [3.8, 4) is 0 Å². The molecule has 0 saturated carbocycles. The first-order chi connectivity index (χ1) is 13.1. The molecular weight excluding hydrogens is 346 g/mol. The van der Waals surface area contributed by atoms with Crippen molar-refractivity contribution < 1.29 is 14.3 Å². The number of benzene rings is 1. The molecule has 1 N–H and O–H groups in total. The molecule has 1 aliphatic heterocycles. The van der Waals surface area contributed by atoms with Gasteiger partial charge in [-0.15, -0.1) is 0 Å². The van der Waals surface area contributed by atoms with Gasteiger partial charge < -0.3 is 19.9 Å². The molecule has 8 nitrogen and oxygen atoms in total. The number of carbonyl (C=O) groups excluding carboxylic acids is 2. The number of ether oxygens (including phenoxy) is 1. The Hall–Kier alpha value is -3.00. The number of rotatable bonds is 5. The zero-order chi connectivity index (χ0) is 19.2. The van der Waals surface area contributed by atoms with E-state index in [-0.39, 0.29) is 11.9 Å². The molecule has 0 spiro atoms. The standard InChI is InChI=1S/C19H23N5O3/c1-3-27-19(26)14-4-6-15(7-5-14)22-18(25)16-12-17(21-13-20-16)24-10-8-23(2)9-11-24/h4-7,12-13H,3,8-11H2,1-2H3,(H,22,25). The SMILES string of the molecule is CCOC(=O)c1ccc(NC(=O)c2cc(N3CCN(C)CC3)ncn2)cc1. The average Bonchev–Trinajstić information content (AvgIpc) is 2.69. The molecule has 0 unspecified atom stereocenters. The zero-order valence-electron chi connectivity index (χ0n) is 15.5. The van der Waals surface area contributed by atoms with Crippen molar-refractivity contribution in [2.24, 2.45) is 0 Å². The third-order valence-corrected chi connectivity index (χ3v) is 4.37. The van der Waals surface area contributed by atoms with Crippen molar-refractivity contribution in [3.05, 3.63) is 47.9 Å². The first kappa shape index (κ1) is 18.8. The van der Waals surface area contributed by atoms with E-state index >= 15 is 0 Å². The number of amides is 1. The van der Waals surface area contributed by atoms with E-state index in [1.54, 1.807) is 37.3 Å². The van der Waals surface area contributed by atoms with Gasteiger partial charge in [0.25, 0.3) is 5.91 Å². The summed E-state index contributed by atoms with van der Waals surface area (Å²) in [4.78, 5) is 36.9. The number of piperazine rings is 1. The highest BCUT2D eigenvalue weighted by Gasteiger charge is 2.17. The van der Waals surface area contributed by atoms with Crippen LogP contribution in [0, 0.1) is 0 Å². The van der Waals surface area contributed by atoms with Crippen LogP contribution in [0.4, 0.5) is 11.5 Å². The average molecular weight is 369 g/mol. The van der Waals surface area contributed by atoms with Crippen LogP contribution in [-0.4, -0.2) is 66.6 Å². The second-order valence-electron chi connectivity index (χ2n) is 6.30. The van der Waals surface area contributed by atoms with Gasteiger partial charge in [0.1, 0.15) is 17.8 Å². The maximum Gasteiger partial charge on any atom is 0.338 e. The van der Waals surface area contributed by atoms with Crippen LogP contribution in [0.3, 0.4) is 0 Å². The van der Waals surface area contributed by atoms with Crippen LogP contribution in [0.25, 0.3) is 0 Å². The van der Waals surface area contributed by atoms with Gasteiger partial charge in [-0.05, 0) is 38.2 Å². The molecule has 142 valence electrons. The summed E-state index contributed by atoms with van der Waals surface area (Å²) in [6.45, 7) is 5.72. The highest BCUT2D eigenvalue weighted by molar-refractivity contribution is 6.03. The van der Waals surface area contributed by atoms with Crippen molar-refractivity contribution in [2.45, 2.75) is 6.92 Å². The van der Waals surface area contributed by atoms with Crippen LogP contribution in [0.2, 0.25) is 0 Å². The molecule has 27 heavy (non-hydrogen) atoms. The van der Waals surface area contributed by atoms with E-state index in [9.17, 15) is 9.59 Å². The Morgan fingerprint density at radius 3 is 2.48 bits per heavy atom. The van der Waals surface area contributed by atoms with Crippen molar-refractivity contribution in [3.63, 3.8) is 0 Å². The van der Waals surface area contributed by atoms with Crippen molar-refractivity contribution in [1.29, 1.82) is 0 Å². The van der Waals surface area contributed by atoms with Gasteiger partial charge in [0.15, 0.2) is 0 Å². The largest absolute Gasteiger partial charge is 0.462 e. The van der Waals surface area contributed by atoms with E-state index in [0.29, 0.717) is 23.6 Å². The molecular formula is C19H23N5O3. The minimum Gasteiger partial charge on any atom is -0.462 e. The Morgan fingerprint density at radius 1 is 1.11 bits per heavy atom. The van der Waals surface area contributed by atoms with Crippen molar-refractivity contribution in [2.75, 3.05) is 50.1 Å². The summed E-state index contributed by atoms with van der Waals surface area (Å²) >= 11 is 0. The zero-order valence-corrected chi connectivity index (χ0v) is 15.5. The van der Waals surface area contributed by atoms with Crippen molar-refractivity contribution >= 4 is 23.4 Å². The van der Waals surface area contributed by atoms with E-state index in [1.807, 2.05) is 0 Å². The summed E-state index contributed by atoms with van der Waals surface area (Å²) in [5, 5.41) is 2.79. The molecule has 8 heteroatoms. The maximum atomic E-state index is 12.5. The van der Waals surface area contributed by atoms with Crippen LogP contribution in [0.1, 0.15) is 27.8 Å². The summed E-state index contributed by atoms with van der Waals surface area (Å²) in [6, 6.07) is 8.25. The van der Waals surface area contributed by atoms with Crippen LogP contribution >= 0.6 is 0 Å². The Labute approximate surface area is 158 Å². The second-order valence-corrected chi connectivity index (χ2v) is 6.30. The number of esters is 1. The summed E-state index contributed by atoms with van der Waals surface area (Å²) in [7, 11) is 2.09. The second kappa shape index (κ2) is 8.59. The topological polar surface area (TPSA) is 87.7 Å². The normalized spacial score (nSPS) is 14.7. The maximum absolute atomic E-state index is 12.5. The number of carbonyl (C=O) groups is 2. The molecule has 3 rings (SSSR count). The molecule has 1 aromatic carbocycles. The van der Waals surface area contributed by atoms with E-state index in [2.05, 4.69) is 32.1 Å². The fraction of sp³-hybridized carbons (Fsp3) is 0.368. The summed E-state index contributed by atoms with van der Waals surface area (Å²) in [6.07, 6.45) is 1.41. The smallest absolute Gasteiger partial charge is 0.338 e. The Morgan fingerprint density at radius 2 is 1.81 bits per heavy atom. The lowest BCUT2D eigenvalue weighted by Crippen LogP contribution is -2.44. The molecule has 2 aromatic rings. The molecule has 0 radical (unpaired) electrons. The molecule has 0 bridgehead atoms. The highest BCUT2D eigenvalue weighted by Crippen LogP contribution is 2.15. The Balaban J connectivity index is 1.66. The molecule has 1 aromatic heterocycles. The summed E-state index contributed by atoms with van der Waals surface area (Å²) < 4.78 is 4.94. The molecule has 1 aliphatic rings. The number of likely N-dealkylation sites (N-methyl/N-ethyl adjacent to an activating group) is 1. The molecule has 1 amide bonds. The highest BCUT2D eigenvalue weighted by atomic mass is 16.5. The van der Waals surface area contributed by atoms with Crippen molar-refractivity contribution in [1.82, 2.24) is 14.9 Å². The number of hydrogen-bond donors (Lipinski definition) is 1. The van der Waals surface area contributed by atoms with Gasteiger partial charge in [-0.3, -0.25) is 4.79 Å². The van der Waals surface area contributed by atoms with E-state index in [0.717, 1.165) is 32.0 Å². The van der Waals surface area contributed by atoms with Crippen LogP contribution in [-0.2, 0) is 4.74 Å². The molecule has 1 saturated heterocycles. The molecule has 1 fully saturated rings. The van der Waals surface area contributed by atoms with Gasteiger partial charge in [0.2, 0.25) is 0 Å². The third-order valence-electron chi connectivity index (χ3n) is 4.37. The third kappa shape index (κ3) is 4.79. The first-order valence-corrected chi connectivity index (χ1v) is 8.91. The number of anilines is 2. The van der Waals surface area contributed by atoms with Gasteiger partial charge in [-0.1, -0.05) is 0 Å². The number of hydrogen-bond acceptors (Lipinski definition) is 7. The minimum absolute atomic E-state index is 0.299. The monoisotopic (exact) mass is 369 g/mol. The molecule has 2 heterocycles. The first-order valence-electron chi connectivity index (χ1n) is 8.91. The van der Waals surface area contributed by atoms with E-state index < -0.39 is 0 Å². The molecule has 0 atom stereocenters. The van der Waals surface area contributed by atoms with Gasteiger partial charge in [-0.2, -0.15) is 0 Å². The Bertz CT molecular complexity index is 801. The summed E-state index contributed by atoms with van der Waals surface area (Å²) in [5.74, 6) is 0.0422. The van der Waals surface area contributed by atoms with Gasteiger partial charge in [0.05, 0.1) is 12.2 Å². The number of nitrogens with one attached hydrogen (secondary N) is 1. The fourth-order valence-electron chi connectivity index (χ4n) is 2.78. The quantitative estimate of drug-likeness (QED) is 0.802. The number of nitrogens with zero attached hydrogens (tertiary/aromatic N) is 4. The van der Waals surface area contributed by atoms with E-state index in [1.165, 1.54) is 6.33 Å². The van der Waals surface area contributed by atoms with Crippen LogP contribution < -0.4 is 10.2 Å². The predicted octanol–water partition coefficient (Wildman–Crippen LogP) is 1.66. The van der Waals surface area contributed by atoms with E-state index in [4.69, 9.17) is 4.74 Å². The van der Waals surface area contributed by atoms with Crippen LogP contribution in [0.5, 0.6) is 0 Å². The lowest BCUT2D eigenvalue weighted by atomic mass is 10.2. The molecule has 0 aliphatic carbocycles. The lowest BCUT2D eigenvalue weighted by Gasteiger charge is -2.33. The minimum atomic E-state index is -0.386. The lowest BCUT2D eigenvalue weighted by molar-refractivity contribution is 0.0526. The summed E-state index contributed by atoms with van der Waals surface area (Å²) in [5.41, 5.74) is 1.32. The number of aromatic nitrogens is 2. The Kier molecular flexibility index (Phi) is 5.97. The predicted molar refractivity (Wildman–Crippen MR) is 102 cm³/mol. The van der Waals surface area contributed by atoms with Gasteiger partial charge in [-0.25, -0.2) is 14.8 Å². The van der Waals surface area contributed by atoms with Gasteiger partial charge in [0, 0.05) is 37.9 Å². The fourth-order valence-corrected chi connectivity index (χ4v) is 2.78. The van der Waals surface area contributed by atoms with Crippen LogP contribution in [0.15, 0.2) is 36.7 Å².